The highest BCUT2D eigenvalue weighted by Gasteiger charge is 2.27. The van der Waals surface area contributed by atoms with Crippen LogP contribution in [0.25, 0.3) is 0 Å². The van der Waals surface area contributed by atoms with Crippen LogP contribution < -0.4 is 0 Å². The number of nitrogens with zero attached hydrogens (tertiary/aromatic N) is 1. The molecule has 1 heterocycles. The molecule has 2 aromatic rings. The third-order valence-electron chi connectivity index (χ3n) is 4.40. The number of carbonyl (C=O) groups excluding carboxylic acids is 2. The van der Waals surface area contributed by atoms with Crippen molar-refractivity contribution >= 4 is 23.6 Å². The van der Waals surface area contributed by atoms with E-state index in [1.54, 1.807) is 35.7 Å². The van der Waals surface area contributed by atoms with Crippen molar-refractivity contribution in [2.75, 3.05) is 12.8 Å². The van der Waals surface area contributed by atoms with Crippen LogP contribution in [0.2, 0.25) is 0 Å². The first kappa shape index (κ1) is 17.5. The van der Waals surface area contributed by atoms with Gasteiger partial charge in [-0.2, -0.15) is 0 Å². The van der Waals surface area contributed by atoms with Gasteiger partial charge in [-0.25, -0.2) is 4.79 Å². The summed E-state index contributed by atoms with van der Waals surface area (Å²) in [6, 6.07) is 15.3. The Labute approximate surface area is 152 Å². The zero-order chi connectivity index (χ0) is 17.8. The van der Waals surface area contributed by atoms with Gasteiger partial charge in [0.2, 0.25) is 0 Å². The molecular formula is C20H21NO3S. The Morgan fingerprint density at radius 2 is 1.76 bits per heavy atom. The van der Waals surface area contributed by atoms with Crippen LogP contribution in [0.4, 0.5) is 0 Å². The van der Waals surface area contributed by atoms with Gasteiger partial charge < -0.3 is 9.64 Å². The number of benzene rings is 2. The summed E-state index contributed by atoms with van der Waals surface area (Å²) in [6.07, 6.45) is 2.02. The normalized spacial score (nSPS) is 14.6. The summed E-state index contributed by atoms with van der Waals surface area (Å²) < 4.78 is 5.38. The first-order valence-electron chi connectivity index (χ1n) is 8.29. The third-order valence-corrected chi connectivity index (χ3v) is 5.14. The van der Waals surface area contributed by atoms with Gasteiger partial charge in [0.15, 0.2) is 6.10 Å². The maximum absolute atomic E-state index is 12.6. The molecule has 0 fully saturated rings. The van der Waals surface area contributed by atoms with Crippen LogP contribution in [0.1, 0.15) is 28.4 Å². The molecule has 0 unspecified atom stereocenters. The first-order chi connectivity index (χ1) is 12.1. The molecule has 0 radical (unpaired) electrons. The predicted octanol–water partition coefficient (Wildman–Crippen LogP) is 3.54. The minimum Gasteiger partial charge on any atom is -0.449 e. The summed E-state index contributed by atoms with van der Waals surface area (Å²) in [4.78, 5) is 27.7. The lowest BCUT2D eigenvalue weighted by atomic mass is 9.99. The van der Waals surface area contributed by atoms with Crippen LogP contribution in [0.5, 0.6) is 0 Å². The summed E-state index contributed by atoms with van der Waals surface area (Å²) >= 11 is 1.61. The number of thioether (sulfide) groups is 1. The topological polar surface area (TPSA) is 46.6 Å². The molecule has 25 heavy (non-hydrogen) atoms. The van der Waals surface area contributed by atoms with E-state index in [1.807, 2.05) is 36.6 Å². The third kappa shape index (κ3) is 4.04. The summed E-state index contributed by atoms with van der Waals surface area (Å²) in [5.41, 5.74) is 2.90. The molecule has 2 aromatic carbocycles. The number of ether oxygens (including phenoxy) is 1. The number of esters is 1. The molecule has 0 saturated carbocycles. The zero-order valence-electron chi connectivity index (χ0n) is 14.4. The number of fused-ring (bicyclic) bond motifs is 1. The lowest BCUT2D eigenvalue weighted by molar-refractivity contribution is -0.140. The van der Waals surface area contributed by atoms with Crippen molar-refractivity contribution in [1.29, 1.82) is 0 Å². The van der Waals surface area contributed by atoms with Gasteiger partial charge in [0.1, 0.15) is 0 Å². The Balaban J connectivity index is 1.61. The van der Waals surface area contributed by atoms with Crippen LogP contribution in [0.15, 0.2) is 53.4 Å². The van der Waals surface area contributed by atoms with E-state index >= 15 is 0 Å². The molecule has 5 heteroatoms. The second kappa shape index (κ2) is 7.74. The molecule has 0 bridgehead atoms. The van der Waals surface area contributed by atoms with E-state index in [4.69, 9.17) is 4.74 Å². The summed E-state index contributed by atoms with van der Waals surface area (Å²) in [6.45, 7) is 2.86. The van der Waals surface area contributed by atoms with Gasteiger partial charge in [-0.1, -0.05) is 24.3 Å². The molecule has 1 atom stereocenters. The minimum atomic E-state index is -0.794. The molecular weight excluding hydrogens is 334 g/mol. The monoisotopic (exact) mass is 355 g/mol. The number of hydrogen-bond donors (Lipinski definition) is 0. The van der Waals surface area contributed by atoms with Crippen molar-refractivity contribution in [3.63, 3.8) is 0 Å². The van der Waals surface area contributed by atoms with Gasteiger partial charge in [0.25, 0.3) is 5.91 Å². The fraction of sp³-hybridized carbons (Fsp3) is 0.300. The standard InChI is InChI=1S/C20H21NO3S/c1-14(24-20(23)16-7-9-18(25-2)10-8-16)19(22)21-12-11-15-5-3-4-6-17(15)13-21/h3-10,14H,11-13H2,1-2H3/t14-/m0/s1. The molecule has 4 nitrogen and oxygen atoms in total. The molecule has 0 aliphatic carbocycles. The fourth-order valence-electron chi connectivity index (χ4n) is 2.95. The van der Waals surface area contributed by atoms with E-state index in [-0.39, 0.29) is 5.91 Å². The van der Waals surface area contributed by atoms with Crippen molar-refractivity contribution in [2.24, 2.45) is 0 Å². The summed E-state index contributed by atoms with van der Waals surface area (Å²) in [5, 5.41) is 0. The van der Waals surface area contributed by atoms with E-state index in [0.717, 1.165) is 16.9 Å². The Hall–Kier alpha value is -2.27. The zero-order valence-corrected chi connectivity index (χ0v) is 15.2. The smallest absolute Gasteiger partial charge is 0.338 e. The molecule has 0 saturated heterocycles. The minimum absolute atomic E-state index is 0.149. The van der Waals surface area contributed by atoms with Gasteiger partial charge in [0.05, 0.1) is 5.56 Å². The predicted molar refractivity (Wildman–Crippen MR) is 98.7 cm³/mol. The van der Waals surface area contributed by atoms with E-state index in [9.17, 15) is 9.59 Å². The van der Waals surface area contributed by atoms with Crippen molar-refractivity contribution < 1.29 is 14.3 Å². The number of amides is 1. The van der Waals surface area contributed by atoms with Crippen molar-refractivity contribution in [3.8, 4) is 0 Å². The highest BCUT2D eigenvalue weighted by molar-refractivity contribution is 7.98. The maximum Gasteiger partial charge on any atom is 0.338 e. The van der Waals surface area contributed by atoms with Gasteiger partial charge in [0, 0.05) is 18.0 Å². The molecule has 3 rings (SSSR count). The van der Waals surface area contributed by atoms with Gasteiger partial charge >= 0.3 is 5.97 Å². The summed E-state index contributed by atoms with van der Waals surface area (Å²) in [7, 11) is 0. The second-order valence-electron chi connectivity index (χ2n) is 6.05. The Morgan fingerprint density at radius 3 is 2.44 bits per heavy atom. The van der Waals surface area contributed by atoms with Crippen LogP contribution >= 0.6 is 11.8 Å². The first-order valence-corrected chi connectivity index (χ1v) is 9.51. The average Bonchev–Trinajstić information content (AvgIpc) is 2.67. The van der Waals surface area contributed by atoms with E-state index in [0.29, 0.717) is 18.7 Å². The fourth-order valence-corrected chi connectivity index (χ4v) is 3.36. The maximum atomic E-state index is 12.6. The highest BCUT2D eigenvalue weighted by atomic mass is 32.2. The van der Waals surface area contributed by atoms with Gasteiger partial charge in [-0.15, -0.1) is 11.8 Å². The second-order valence-corrected chi connectivity index (χ2v) is 6.93. The molecule has 1 aliphatic rings. The SMILES string of the molecule is CSc1ccc(C(=O)O[C@@H](C)C(=O)N2CCc3ccccc3C2)cc1. The molecule has 0 aromatic heterocycles. The van der Waals surface area contributed by atoms with Crippen LogP contribution in [0, 0.1) is 0 Å². The van der Waals surface area contributed by atoms with Gasteiger partial charge in [-0.3, -0.25) is 4.79 Å². The largest absolute Gasteiger partial charge is 0.449 e. The summed E-state index contributed by atoms with van der Waals surface area (Å²) in [5.74, 6) is -0.616. The molecule has 0 N–H and O–H groups in total. The average molecular weight is 355 g/mol. The molecule has 1 aliphatic heterocycles. The van der Waals surface area contributed by atoms with E-state index < -0.39 is 12.1 Å². The van der Waals surface area contributed by atoms with E-state index in [1.165, 1.54) is 5.56 Å². The lowest BCUT2D eigenvalue weighted by Crippen LogP contribution is -2.42. The van der Waals surface area contributed by atoms with E-state index in [2.05, 4.69) is 6.07 Å². The molecule has 130 valence electrons. The quantitative estimate of drug-likeness (QED) is 0.622. The van der Waals surface area contributed by atoms with Crippen LogP contribution in [-0.4, -0.2) is 35.7 Å². The number of rotatable bonds is 4. The van der Waals surface area contributed by atoms with Crippen LogP contribution in [0.3, 0.4) is 0 Å². The number of carbonyl (C=O) groups is 2. The highest BCUT2D eigenvalue weighted by Crippen LogP contribution is 2.20. The lowest BCUT2D eigenvalue weighted by Gasteiger charge is -2.30. The van der Waals surface area contributed by atoms with Crippen molar-refractivity contribution in [3.05, 3.63) is 65.2 Å². The van der Waals surface area contributed by atoms with Crippen molar-refractivity contribution in [1.82, 2.24) is 4.90 Å². The number of hydrogen-bond acceptors (Lipinski definition) is 4. The van der Waals surface area contributed by atoms with Crippen LogP contribution in [-0.2, 0) is 22.5 Å². The van der Waals surface area contributed by atoms with Crippen molar-refractivity contribution in [2.45, 2.75) is 30.9 Å². The Bertz CT molecular complexity index is 773. The van der Waals surface area contributed by atoms with Gasteiger partial charge in [-0.05, 0) is 55.0 Å². The molecule has 0 spiro atoms. The molecule has 1 amide bonds. The Kier molecular flexibility index (Phi) is 5.43. The Morgan fingerprint density at radius 1 is 1.08 bits per heavy atom.